The van der Waals surface area contributed by atoms with Gasteiger partial charge in [-0.3, -0.25) is 9.59 Å². The van der Waals surface area contributed by atoms with Gasteiger partial charge in [0.05, 0.1) is 5.56 Å². The van der Waals surface area contributed by atoms with Crippen LogP contribution in [0.15, 0.2) is 36.4 Å². The average Bonchev–Trinajstić information content (AvgIpc) is 3.02. The van der Waals surface area contributed by atoms with Crippen molar-refractivity contribution in [2.45, 2.75) is 77.4 Å². The van der Waals surface area contributed by atoms with Crippen molar-refractivity contribution in [3.8, 4) is 51.7 Å². The van der Waals surface area contributed by atoms with Gasteiger partial charge in [-0.1, -0.05) is 40.5 Å². The Morgan fingerprint density at radius 1 is 0.543 bits per heavy atom. The Kier molecular flexibility index (Phi) is 10.5. The number of benzene rings is 3. The first-order chi connectivity index (χ1) is 21.6. The maximum Gasteiger partial charge on any atom is 0.335 e. The maximum absolute atomic E-state index is 14.2. The van der Waals surface area contributed by atoms with E-state index in [0.717, 1.165) is 36.4 Å². The molecule has 3 rings (SSSR count). The van der Waals surface area contributed by atoms with Gasteiger partial charge in [-0.15, -0.1) is 0 Å². The van der Waals surface area contributed by atoms with Gasteiger partial charge in [0.1, 0.15) is 0 Å². The molecule has 0 heterocycles. The Hall–Kier alpha value is -5.33. The van der Waals surface area contributed by atoms with E-state index in [2.05, 4.69) is 0 Å². The predicted octanol–water partition coefficient (Wildman–Crippen LogP) is 5.75. The van der Waals surface area contributed by atoms with Crippen molar-refractivity contribution in [2.24, 2.45) is 0 Å². The minimum atomic E-state index is -1.77. The highest BCUT2D eigenvalue weighted by Gasteiger charge is 2.43. The van der Waals surface area contributed by atoms with Gasteiger partial charge in [0, 0.05) is 11.1 Å². The Morgan fingerprint density at radius 3 is 1.22 bits per heavy atom. The van der Waals surface area contributed by atoms with Crippen LogP contribution in [0.4, 0.5) is 0 Å². The summed E-state index contributed by atoms with van der Waals surface area (Å²) < 4.78 is 12.1. The van der Waals surface area contributed by atoms with Crippen LogP contribution < -0.4 is 9.47 Å². The van der Waals surface area contributed by atoms with Gasteiger partial charge >= 0.3 is 5.97 Å². The molecule has 0 spiro atoms. The van der Waals surface area contributed by atoms with Gasteiger partial charge in [0.25, 0.3) is 0 Å². The summed E-state index contributed by atoms with van der Waals surface area (Å²) in [5, 5.41) is 81.2. The topological polar surface area (TPSA) is 232 Å². The van der Waals surface area contributed by atoms with E-state index < -0.39 is 86.0 Å². The first kappa shape index (κ1) is 35.2. The maximum atomic E-state index is 14.2. The largest absolute Gasteiger partial charge is 0.504 e. The van der Waals surface area contributed by atoms with Crippen molar-refractivity contribution >= 4 is 17.5 Å². The van der Waals surface area contributed by atoms with Crippen LogP contribution in [0.25, 0.3) is 0 Å². The zero-order valence-electron chi connectivity index (χ0n) is 25.8. The molecule has 0 fully saturated rings. The number of ketones is 2. The molecule has 0 aliphatic heterocycles. The fraction of sp³-hybridized carbons (Fsp3) is 0.364. The lowest BCUT2D eigenvalue weighted by Gasteiger charge is -2.34. The highest BCUT2D eigenvalue weighted by molar-refractivity contribution is 6.05. The van der Waals surface area contributed by atoms with Gasteiger partial charge in [0.15, 0.2) is 51.4 Å². The van der Waals surface area contributed by atoms with Crippen molar-refractivity contribution in [1.82, 2.24) is 0 Å². The minimum absolute atomic E-state index is 0.000973. The van der Waals surface area contributed by atoms with E-state index >= 15 is 0 Å². The Labute approximate surface area is 264 Å². The van der Waals surface area contributed by atoms with Gasteiger partial charge in [-0.05, 0) is 62.1 Å². The van der Waals surface area contributed by atoms with Gasteiger partial charge in [-0.2, -0.15) is 0 Å². The zero-order valence-corrected chi connectivity index (χ0v) is 25.8. The molecule has 13 heteroatoms. The van der Waals surface area contributed by atoms with Gasteiger partial charge < -0.3 is 50.3 Å². The van der Waals surface area contributed by atoms with Crippen LogP contribution in [-0.2, 0) is 0 Å². The summed E-state index contributed by atoms with van der Waals surface area (Å²) in [5.74, 6) is -9.30. The van der Waals surface area contributed by atoms with E-state index in [4.69, 9.17) is 9.47 Å². The molecular weight excluding hydrogens is 604 g/mol. The smallest absolute Gasteiger partial charge is 0.335 e. The molecule has 3 aromatic carbocycles. The molecule has 46 heavy (non-hydrogen) atoms. The molecule has 2 atom stereocenters. The second kappa shape index (κ2) is 13.8. The first-order valence-electron chi connectivity index (χ1n) is 14.7. The molecule has 2 unspecified atom stereocenters. The highest BCUT2D eigenvalue weighted by atomic mass is 16.5. The number of hydrogen-bond donors (Lipinski definition) is 8. The summed E-state index contributed by atoms with van der Waals surface area (Å²) in [6.07, 6.45) is 0.837. The van der Waals surface area contributed by atoms with E-state index in [9.17, 15) is 55.2 Å². The number of phenols is 7. The van der Waals surface area contributed by atoms with Crippen molar-refractivity contribution in [3.05, 3.63) is 53.1 Å². The number of ether oxygens (including phenoxy) is 2. The summed E-state index contributed by atoms with van der Waals surface area (Å²) in [6.45, 7) is 6.73. The Bertz CT molecular complexity index is 1620. The number of phenolic OH excluding ortho intramolecular Hbond substituents is 7. The summed E-state index contributed by atoms with van der Waals surface area (Å²) in [7, 11) is 0. The van der Waals surface area contributed by atoms with Crippen LogP contribution in [-0.4, -0.2) is 69.6 Å². The van der Waals surface area contributed by atoms with Gasteiger partial charge in [0.2, 0.25) is 23.1 Å². The summed E-state index contributed by atoms with van der Waals surface area (Å²) in [5.41, 5.74) is -4.36. The molecule has 0 aliphatic carbocycles. The van der Waals surface area contributed by atoms with Crippen LogP contribution in [0, 0.1) is 0 Å². The molecule has 13 nitrogen and oxygen atoms in total. The lowest BCUT2D eigenvalue weighted by molar-refractivity contribution is 0.0354. The highest BCUT2D eigenvalue weighted by Crippen LogP contribution is 2.45. The lowest BCUT2D eigenvalue weighted by Crippen LogP contribution is -2.45. The molecule has 0 radical (unpaired) electrons. The van der Waals surface area contributed by atoms with E-state index in [1.807, 2.05) is 0 Å². The van der Waals surface area contributed by atoms with Crippen LogP contribution in [0.1, 0.15) is 97.3 Å². The monoisotopic (exact) mass is 642 g/mol. The van der Waals surface area contributed by atoms with Crippen molar-refractivity contribution < 1.29 is 64.7 Å². The number of carbonyl (C=O) groups excluding carboxylic acids is 2. The number of aromatic hydroxyl groups is 7. The molecule has 0 aromatic heterocycles. The standard InChI is InChI=1S/C33H38O13/c1-5-9-32(7-3,29(41)17-11-20(34)26(38)21(35)12-17)45-24-15-18(13-22(36)27(24)39)30(42)33(8-4,10-6-2)46-25-16-19(31(43)44)14-23(37)28(25)40/h11-16,34-40H,5-10H2,1-4H3,(H,43,44). The number of carboxylic acids is 1. The van der Waals surface area contributed by atoms with Gasteiger partial charge in [-0.25, -0.2) is 4.79 Å². The van der Waals surface area contributed by atoms with Crippen molar-refractivity contribution in [3.63, 3.8) is 0 Å². The molecule has 0 amide bonds. The molecule has 0 saturated carbocycles. The third-order valence-corrected chi connectivity index (χ3v) is 7.84. The number of Topliss-reactive ketones (excluding diaryl/α,β-unsaturated/α-hetero) is 2. The second-order valence-corrected chi connectivity index (χ2v) is 10.9. The number of carbonyl (C=O) groups is 3. The normalized spacial score (nSPS) is 13.7. The molecule has 0 saturated heterocycles. The summed E-state index contributed by atoms with van der Waals surface area (Å²) >= 11 is 0. The van der Waals surface area contributed by atoms with E-state index in [1.165, 1.54) is 0 Å². The third kappa shape index (κ3) is 6.67. The fourth-order valence-corrected chi connectivity index (χ4v) is 5.33. The molecular formula is C33H38O13. The fourth-order valence-electron chi connectivity index (χ4n) is 5.33. The first-order valence-corrected chi connectivity index (χ1v) is 14.7. The zero-order chi connectivity index (χ0) is 34.6. The van der Waals surface area contributed by atoms with E-state index in [0.29, 0.717) is 12.8 Å². The number of carboxylic acid groups (broad SMARTS) is 1. The van der Waals surface area contributed by atoms with Crippen LogP contribution in [0.5, 0.6) is 51.7 Å². The number of hydrogen-bond acceptors (Lipinski definition) is 12. The number of aromatic carboxylic acids is 1. The van der Waals surface area contributed by atoms with Crippen LogP contribution in [0.3, 0.4) is 0 Å². The quantitative estimate of drug-likeness (QED) is 0.0730. The predicted molar refractivity (Wildman–Crippen MR) is 164 cm³/mol. The molecule has 8 N–H and O–H groups in total. The second-order valence-electron chi connectivity index (χ2n) is 10.9. The average molecular weight is 643 g/mol. The Morgan fingerprint density at radius 2 is 0.870 bits per heavy atom. The SMILES string of the molecule is CCCC(CC)(Oc1cc(C(=O)O)cc(O)c1O)C(=O)c1cc(O)c(O)c(OC(CC)(CCC)C(=O)c2cc(O)c(O)c(O)c2)c1. The number of rotatable bonds is 15. The molecule has 3 aromatic rings. The van der Waals surface area contributed by atoms with E-state index in [-0.39, 0.29) is 36.8 Å². The summed E-state index contributed by atoms with van der Waals surface area (Å²) in [6, 6.07) is 5.73. The molecule has 248 valence electrons. The third-order valence-electron chi connectivity index (χ3n) is 7.84. The Balaban J connectivity index is 2.15. The van der Waals surface area contributed by atoms with Crippen molar-refractivity contribution in [2.75, 3.05) is 0 Å². The van der Waals surface area contributed by atoms with E-state index in [1.54, 1.807) is 27.7 Å². The lowest BCUT2D eigenvalue weighted by atomic mass is 9.84. The minimum Gasteiger partial charge on any atom is -0.504 e. The van der Waals surface area contributed by atoms with Crippen LogP contribution in [0.2, 0.25) is 0 Å². The summed E-state index contributed by atoms with van der Waals surface area (Å²) in [4.78, 5) is 39.5. The van der Waals surface area contributed by atoms with Crippen LogP contribution >= 0.6 is 0 Å². The van der Waals surface area contributed by atoms with Crippen molar-refractivity contribution in [1.29, 1.82) is 0 Å². The molecule has 0 aliphatic rings. The molecule has 0 bridgehead atoms.